The van der Waals surface area contributed by atoms with Crippen LogP contribution < -0.4 is 4.90 Å². The molecular formula is C23H39BrN2. The maximum absolute atomic E-state index is 2.46. The Labute approximate surface area is 172 Å². The van der Waals surface area contributed by atoms with Crippen molar-refractivity contribution >= 4 is 22.7 Å². The molecule has 0 aromatic heterocycles. The zero-order valence-electron chi connectivity index (χ0n) is 17.4. The van der Waals surface area contributed by atoms with Gasteiger partial charge in [-0.2, -0.15) is 0 Å². The summed E-state index contributed by atoms with van der Waals surface area (Å²) in [6.45, 7) is 11.1. The Balaban J connectivity index is 0.00000338. The molecule has 1 aromatic carbocycles. The Hall–Kier alpha value is -0.960. The maximum Gasteiger partial charge on any atom is 0.0942 e. The maximum atomic E-state index is 2.46. The van der Waals surface area contributed by atoms with Gasteiger partial charge in [0.25, 0.3) is 0 Å². The molecule has 2 rings (SSSR count). The molecule has 0 saturated carbocycles. The van der Waals surface area contributed by atoms with E-state index in [9.17, 15) is 0 Å². The number of rotatable bonds is 11. The standard InChI is InChI=1S/C23H38N2.BrH/c1-5-6-7-8-9-10-11-12-13-14-24-15-16-25(19-24)23-21(3)17-20(2)18-22(23)4;/h15-18H,5-14,19H2,1-4H3;1H. The van der Waals surface area contributed by atoms with Crippen molar-refractivity contribution in [2.75, 3.05) is 18.1 Å². The summed E-state index contributed by atoms with van der Waals surface area (Å²) < 4.78 is 0. The minimum atomic E-state index is 0. The highest BCUT2D eigenvalue weighted by Gasteiger charge is 2.17. The predicted octanol–water partition coefficient (Wildman–Crippen LogP) is 7.27. The fourth-order valence-corrected chi connectivity index (χ4v) is 4.01. The third kappa shape index (κ3) is 7.34. The van der Waals surface area contributed by atoms with E-state index in [0.717, 1.165) is 6.67 Å². The first kappa shape index (κ1) is 23.1. The quantitative estimate of drug-likeness (QED) is 0.345. The van der Waals surface area contributed by atoms with E-state index in [-0.39, 0.29) is 17.0 Å². The smallest absolute Gasteiger partial charge is 0.0942 e. The number of unbranched alkanes of at least 4 members (excludes halogenated alkanes) is 8. The average Bonchev–Trinajstić information content (AvgIpc) is 3.01. The molecule has 1 aliphatic rings. The van der Waals surface area contributed by atoms with E-state index in [0.29, 0.717) is 0 Å². The van der Waals surface area contributed by atoms with Crippen LogP contribution in [0, 0.1) is 20.8 Å². The number of benzene rings is 1. The lowest BCUT2D eigenvalue weighted by atomic mass is 10.0. The summed E-state index contributed by atoms with van der Waals surface area (Å²) in [6.07, 6.45) is 17.1. The molecule has 0 fully saturated rings. The molecule has 0 bridgehead atoms. The summed E-state index contributed by atoms with van der Waals surface area (Å²) >= 11 is 0. The highest BCUT2D eigenvalue weighted by Crippen LogP contribution is 2.28. The van der Waals surface area contributed by atoms with Gasteiger partial charge >= 0.3 is 0 Å². The van der Waals surface area contributed by atoms with Gasteiger partial charge in [0.15, 0.2) is 0 Å². The van der Waals surface area contributed by atoms with Crippen LogP contribution in [0.1, 0.15) is 81.4 Å². The van der Waals surface area contributed by atoms with E-state index in [1.54, 1.807) is 0 Å². The molecule has 0 saturated heterocycles. The van der Waals surface area contributed by atoms with Crippen LogP contribution in [0.3, 0.4) is 0 Å². The number of anilines is 1. The second-order valence-corrected chi connectivity index (χ2v) is 7.80. The van der Waals surface area contributed by atoms with E-state index < -0.39 is 0 Å². The molecule has 26 heavy (non-hydrogen) atoms. The van der Waals surface area contributed by atoms with Crippen LogP contribution in [-0.2, 0) is 0 Å². The summed E-state index contributed by atoms with van der Waals surface area (Å²) in [7, 11) is 0. The Morgan fingerprint density at radius 1 is 0.769 bits per heavy atom. The van der Waals surface area contributed by atoms with Crippen LogP contribution in [0.25, 0.3) is 0 Å². The van der Waals surface area contributed by atoms with Crippen molar-refractivity contribution < 1.29 is 0 Å². The van der Waals surface area contributed by atoms with Crippen molar-refractivity contribution in [2.24, 2.45) is 0 Å². The summed E-state index contributed by atoms with van der Waals surface area (Å²) in [5.74, 6) is 0. The molecule has 1 heterocycles. The van der Waals surface area contributed by atoms with Crippen LogP contribution in [0.15, 0.2) is 24.5 Å². The van der Waals surface area contributed by atoms with Crippen molar-refractivity contribution in [2.45, 2.75) is 85.5 Å². The summed E-state index contributed by atoms with van der Waals surface area (Å²) in [6, 6.07) is 4.58. The van der Waals surface area contributed by atoms with Crippen LogP contribution >= 0.6 is 17.0 Å². The largest absolute Gasteiger partial charge is 0.358 e. The normalized spacial score (nSPS) is 13.4. The first-order valence-corrected chi connectivity index (χ1v) is 10.4. The number of nitrogens with zero attached hydrogens (tertiary/aromatic N) is 2. The van der Waals surface area contributed by atoms with Crippen LogP contribution in [0.2, 0.25) is 0 Å². The first-order chi connectivity index (χ1) is 12.1. The van der Waals surface area contributed by atoms with E-state index in [4.69, 9.17) is 0 Å². The SMILES string of the molecule is Br.CCCCCCCCCCCN1C=CN(c2c(C)cc(C)cc2C)C1. The molecule has 0 N–H and O–H groups in total. The molecule has 1 aliphatic heterocycles. The van der Waals surface area contributed by atoms with E-state index >= 15 is 0 Å². The lowest BCUT2D eigenvalue weighted by Gasteiger charge is -2.24. The highest BCUT2D eigenvalue weighted by atomic mass is 79.9. The monoisotopic (exact) mass is 422 g/mol. The molecule has 0 aliphatic carbocycles. The Kier molecular flexibility index (Phi) is 11.0. The third-order valence-corrected chi connectivity index (χ3v) is 5.26. The number of hydrogen-bond donors (Lipinski definition) is 0. The fraction of sp³-hybridized carbons (Fsp3) is 0.652. The molecule has 0 amide bonds. The van der Waals surface area contributed by atoms with Gasteiger partial charge in [-0.1, -0.05) is 76.0 Å². The minimum Gasteiger partial charge on any atom is -0.358 e. The molecule has 0 spiro atoms. The van der Waals surface area contributed by atoms with Gasteiger partial charge in [0, 0.05) is 24.6 Å². The van der Waals surface area contributed by atoms with Gasteiger partial charge in [-0.3, -0.25) is 0 Å². The summed E-state index contributed by atoms with van der Waals surface area (Å²) in [4.78, 5) is 4.86. The van der Waals surface area contributed by atoms with Crippen LogP contribution in [-0.4, -0.2) is 18.1 Å². The van der Waals surface area contributed by atoms with E-state index in [1.165, 1.54) is 86.7 Å². The molecule has 1 aromatic rings. The molecule has 3 heteroatoms. The highest BCUT2D eigenvalue weighted by molar-refractivity contribution is 8.93. The zero-order valence-corrected chi connectivity index (χ0v) is 19.1. The molecule has 0 radical (unpaired) electrons. The second kappa shape index (κ2) is 12.4. The molecule has 0 unspecified atom stereocenters. The van der Waals surface area contributed by atoms with Gasteiger partial charge in [0.2, 0.25) is 0 Å². The summed E-state index contributed by atoms with van der Waals surface area (Å²) in [5, 5.41) is 0. The number of halogens is 1. The van der Waals surface area contributed by atoms with Gasteiger partial charge in [-0.15, -0.1) is 17.0 Å². The predicted molar refractivity (Wildman–Crippen MR) is 121 cm³/mol. The molecule has 2 nitrogen and oxygen atoms in total. The van der Waals surface area contributed by atoms with E-state index in [2.05, 4.69) is 62.0 Å². The Morgan fingerprint density at radius 3 is 1.88 bits per heavy atom. The first-order valence-electron chi connectivity index (χ1n) is 10.4. The van der Waals surface area contributed by atoms with Crippen molar-refractivity contribution in [1.29, 1.82) is 0 Å². The lowest BCUT2D eigenvalue weighted by molar-refractivity contribution is 0.387. The lowest BCUT2D eigenvalue weighted by Crippen LogP contribution is -2.26. The van der Waals surface area contributed by atoms with Crippen molar-refractivity contribution in [1.82, 2.24) is 4.90 Å². The van der Waals surface area contributed by atoms with Crippen molar-refractivity contribution in [3.05, 3.63) is 41.2 Å². The summed E-state index contributed by atoms with van der Waals surface area (Å²) in [5.41, 5.74) is 5.50. The molecular weight excluding hydrogens is 384 g/mol. The third-order valence-electron chi connectivity index (χ3n) is 5.26. The topological polar surface area (TPSA) is 6.48 Å². The number of aryl methyl sites for hydroxylation is 3. The van der Waals surface area contributed by atoms with Gasteiger partial charge in [-0.05, 0) is 38.3 Å². The zero-order chi connectivity index (χ0) is 18.1. The number of hydrogen-bond acceptors (Lipinski definition) is 2. The Bertz CT molecular complexity index is 530. The van der Waals surface area contributed by atoms with Gasteiger partial charge in [0.05, 0.1) is 6.67 Å². The van der Waals surface area contributed by atoms with Gasteiger partial charge < -0.3 is 9.80 Å². The average molecular weight is 423 g/mol. The Morgan fingerprint density at radius 2 is 1.31 bits per heavy atom. The van der Waals surface area contributed by atoms with Crippen LogP contribution in [0.4, 0.5) is 5.69 Å². The van der Waals surface area contributed by atoms with Crippen molar-refractivity contribution in [3.63, 3.8) is 0 Å². The second-order valence-electron chi connectivity index (χ2n) is 7.80. The molecule has 148 valence electrons. The van der Waals surface area contributed by atoms with Gasteiger partial charge in [-0.25, -0.2) is 0 Å². The minimum absolute atomic E-state index is 0. The van der Waals surface area contributed by atoms with Gasteiger partial charge in [0.1, 0.15) is 0 Å². The fourth-order valence-electron chi connectivity index (χ4n) is 4.01. The van der Waals surface area contributed by atoms with E-state index in [1.807, 2.05) is 0 Å². The molecule has 0 atom stereocenters. The van der Waals surface area contributed by atoms with Crippen molar-refractivity contribution in [3.8, 4) is 0 Å². The van der Waals surface area contributed by atoms with Crippen LogP contribution in [0.5, 0.6) is 0 Å².